The van der Waals surface area contributed by atoms with E-state index in [9.17, 15) is 5.11 Å². The van der Waals surface area contributed by atoms with Crippen LogP contribution in [0.25, 0.3) is 20.5 Å². The molecule has 0 atom stereocenters. The summed E-state index contributed by atoms with van der Waals surface area (Å²) >= 11 is 1.71. The quantitative estimate of drug-likeness (QED) is 0.301. The highest BCUT2D eigenvalue weighted by atomic mass is 32.1. The third kappa shape index (κ3) is 6.14. The van der Waals surface area contributed by atoms with Crippen LogP contribution in [-0.2, 0) is 13.0 Å². The van der Waals surface area contributed by atoms with Crippen LogP contribution < -0.4 is 9.47 Å². The Kier molecular flexibility index (Phi) is 7.96. The molecule has 1 aromatic heterocycles. The predicted molar refractivity (Wildman–Crippen MR) is 146 cm³/mol. The lowest BCUT2D eigenvalue weighted by Gasteiger charge is -2.15. The van der Waals surface area contributed by atoms with Crippen molar-refractivity contribution in [3.05, 3.63) is 77.4 Å². The highest BCUT2D eigenvalue weighted by molar-refractivity contribution is 7.22. The second-order valence-electron chi connectivity index (χ2n) is 9.33. The molecule has 0 amide bonds. The maximum Gasteiger partial charge on any atom is 0.123 e. The van der Waals surface area contributed by atoms with E-state index in [1.165, 1.54) is 27.0 Å². The zero-order chi connectivity index (χ0) is 24.9. The van der Waals surface area contributed by atoms with E-state index < -0.39 is 0 Å². The summed E-state index contributed by atoms with van der Waals surface area (Å²) in [6, 6.07) is 20.5. The number of aromatic hydroxyl groups is 1. The van der Waals surface area contributed by atoms with E-state index in [1.807, 2.05) is 38.4 Å². The van der Waals surface area contributed by atoms with Gasteiger partial charge in [-0.3, -0.25) is 0 Å². The minimum atomic E-state index is 0.288. The van der Waals surface area contributed by atoms with E-state index in [1.54, 1.807) is 24.5 Å². The van der Waals surface area contributed by atoms with Gasteiger partial charge in [-0.2, -0.15) is 0 Å². The number of phenols is 1. The number of fused-ring (bicyclic) bond motifs is 1. The molecule has 4 rings (SSSR count). The van der Waals surface area contributed by atoms with Crippen LogP contribution in [0.1, 0.15) is 16.7 Å². The van der Waals surface area contributed by atoms with Crippen molar-refractivity contribution in [1.29, 1.82) is 0 Å². The minimum Gasteiger partial charge on any atom is -0.508 e. The summed E-state index contributed by atoms with van der Waals surface area (Å²) in [5, 5.41) is 11.3. The molecule has 0 saturated heterocycles. The fourth-order valence-electron chi connectivity index (χ4n) is 4.17. The fraction of sp³-hybridized carbons (Fsp3) is 0.310. The smallest absolute Gasteiger partial charge is 0.123 e. The highest BCUT2D eigenvalue weighted by Gasteiger charge is 2.16. The van der Waals surface area contributed by atoms with Gasteiger partial charge in [0.25, 0.3) is 0 Å². The van der Waals surface area contributed by atoms with Crippen molar-refractivity contribution in [3.8, 4) is 27.7 Å². The molecule has 0 aliphatic carbocycles. The molecule has 184 valence electrons. The van der Waals surface area contributed by atoms with Gasteiger partial charge in [0.05, 0.1) is 7.11 Å². The van der Waals surface area contributed by atoms with Crippen LogP contribution in [0.5, 0.6) is 17.2 Å². The summed E-state index contributed by atoms with van der Waals surface area (Å²) in [6.45, 7) is 2.37. The van der Waals surface area contributed by atoms with Crippen LogP contribution in [0.4, 0.5) is 0 Å². The van der Waals surface area contributed by atoms with Crippen LogP contribution in [0.3, 0.4) is 0 Å². The lowest BCUT2D eigenvalue weighted by atomic mass is 9.97. The Morgan fingerprint density at radius 2 is 1.66 bits per heavy atom. The van der Waals surface area contributed by atoms with Gasteiger partial charge >= 0.3 is 0 Å². The van der Waals surface area contributed by atoms with Crippen molar-refractivity contribution in [2.45, 2.75) is 13.0 Å². The Bertz CT molecular complexity index is 1280. The van der Waals surface area contributed by atoms with Gasteiger partial charge in [-0.15, -0.1) is 11.3 Å². The average molecular weight is 491 g/mol. The van der Waals surface area contributed by atoms with Crippen molar-refractivity contribution in [1.82, 2.24) is 9.80 Å². The number of nitrogens with zero attached hydrogens (tertiary/aromatic N) is 2. The third-order valence-electron chi connectivity index (χ3n) is 5.92. The van der Waals surface area contributed by atoms with E-state index in [4.69, 9.17) is 9.47 Å². The van der Waals surface area contributed by atoms with Crippen molar-refractivity contribution in [2.75, 3.05) is 48.5 Å². The summed E-state index contributed by atoms with van der Waals surface area (Å²) in [5.41, 5.74) is 4.78. The standard InChI is InChI=1S/C29H34N2O3S/c1-30(2)14-15-34-24-11-8-21(9-12-24)29-26(25-13-10-23(32)18-28(25)35-29)16-20-6-7-22(19-31(3)4)27(17-20)33-5/h6-13,17-18,32H,14-16,19H2,1-5H3. The first-order chi connectivity index (χ1) is 16.8. The van der Waals surface area contributed by atoms with Crippen molar-refractivity contribution >= 4 is 21.4 Å². The maximum absolute atomic E-state index is 10.1. The van der Waals surface area contributed by atoms with Gasteiger partial charge in [0, 0.05) is 28.2 Å². The van der Waals surface area contributed by atoms with Gasteiger partial charge in [0.15, 0.2) is 0 Å². The number of thiophene rings is 1. The molecule has 0 aliphatic rings. The number of rotatable bonds is 10. The summed E-state index contributed by atoms with van der Waals surface area (Å²) in [7, 11) is 9.93. The lowest BCUT2D eigenvalue weighted by Crippen LogP contribution is -2.19. The summed E-state index contributed by atoms with van der Waals surface area (Å²) in [4.78, 5) is 5.46. The van der Waals surface area contributed by atoms with Gasteiger partial charge < -0.3 is 24.4 Å². The average Bonchev–Trinajstić information content (AvgIpc) is 3.17. The number of benzene rings is 3. The molecule has 4 aromatic rings. The van der Waals surface area contributed by atoms with Crippen molar-refractivity contribution in [3.63, 3.8) is 0 Å². The number of likely N-dealkylation sites (N-methyl/N-ethyl adjacent to an activating group) is 1. The molecule has 6 heteroatoms. The van der Waals surface area contributed by atoms with E-state index in [-0.39, 0.29) is 5.75 Å². The fourth-order valence-corrected chi connectivity index (χ4v) is 5.43. The monoisotopic (exact) mass is 490 g/mol. The first kappa shape index (κ1) is 25.0. The highest BCUT2D eigenvalue weighted by Crippen LogP contribution is 2.41. The molecule has 5 nitrogen and oxygen atoms in total. The Balaban J connectivity index is 1.68. The minimum absolute atomic E-state index is 0.288. The Hall–Kier alpha value is -3.06. The van der Waals surface area contributed by atoms with Gasteiger partial charge in [-0.05, 0) is 105 Å². The van der Waals surface area contributed by atoms with Gasteiger partial charge in [-0.25, -0.2) is 0 Å². The molecule has 0 fully saturated rings. The second kappa shape index (κ2) is 11.1. The molecule has 0 saturated carbocycles. The second-order valence-corrected chi connectivity index (χ2v) is 10.4. The Morgan fingerprint density at radius 1 is 0.886 bits per heavy atom. The van der Waals surface area contributed by atoms with Crippen LogP contribution in [0, 0.1) is 0 Å². The van der Waals surface area contributed by atoms with E-state index in [0.29, 0.717) is 6.61 Å². The molecule has 3 aromatic carbocycles. The third-order valence-corrected chi connectivity index (χ3v) is 7.16. The largest absolute Gasteiger partial charge is 0.508 e. The van der Waals surface area contributed by atoms with Gasteiger partial charge in [0.1, 0.15) is 23.9 Å². The van der Waals surface area contributed by atoms with E-state index in [0.717, 1.165) is 41.3 Å². The number of hydrogen-bond donors (Lipinski definition) is 1. The maximum atomic E-state index is 10.1. The van der Waals surface area contributed by atoms with Crippen molar-refractivity contribution in [2.24, 2.45) is 0 Å². The molecule has 0 spiro atoms. The normalized spacial score (nSPS) is 11.5. The Labute approximate surface area is 212 Å². The summed E-state index contributed by atoms with van der Waals surface area (Å²) in [6.07, 6.45) is 0.778. The summed E-state index contributed by atoms with van der Waals surface area (Å²) in [5.74, 6) is 2.07. The van der Waals surface area contributed by atoms with E-state index >= 15 is 0 Å². The molecule has 0 bridgehead atoms. The predicted octanol–water partition coefficient (Wildman–Crippen LogP) is 5.88. The topological polar surface area (TPSA) is 45.2 Å². The molecule has 0 aliphatic heterocycles. The molecule has 35 heavy (non-hydrogen) atoms. The molecule has 0 unspecified atom stereocenters. The zero-order valence-corrected chi connectivity index (χ0v) is 22.0. The van der Waals surface area contributed by atoms with Crippen LogP contribution >= 0.6 is 11.3 Å². The van der Waals surface area contributed by atoms with Gasteiger partial charge in [0.2, 0.25) is 0 Å². The lowest BCUT2D eigenvalue weighted by molar-refractivity contribution is 0.261. The van der Waals surface area contributed by atoms with Crippen LogP contribution in [0.15, 0.2) is 60.7 Å². The molecule has 0 radical (unpaired) electrons. The number of ether oxygens (including phenoxy) is 2. The molecule has 1 heterocycles. The van der Waals surface area contributed by atoms with Gasteiger partial charge in [-0.1, -0.05) is 12.1 Å². The first-order valence-electron chi connectivity index (χ1n) is 11.8. The molecular weight excluding hydrogens is 456 g/mol. The molecular formula is C29H34N2O3S. The summed E-state index contributed by atoms with van der Waals surface area (Å²) < 4.78 is 12.7. The number of hydrogen-bond acceptors (Lipinski definition) is 6. The number of phenolic OH excluding ortho intramolecular Hbond substituents is 1. The van der Waals surface area contributed by atoms with Crippen LogP contribution in [0.2, 0.25) is 0 Å². The van der Waals surface area contributed by atoms with Crippen LogP contribution in [-0.4, -0.2) is 63.4 Å². The molecule has 1 N–H and O–H groups in total. The number of methoxy groups -OCH3 is 1. The SMILES string of the molecule is COc1cc(Cc2c(-c3ccc(OCCN(C)C)cc3)sc3cc(O)ccc23)ccc1CN(C)C. The Morgan fingerprint density at radius 3 is 2.34 bits per heavy atom. The van der Waals surface area contributed by atoms with E-state index in [2.05, 4.69) is 54.2 Å². The zero-order valence-electron chi connectivity index (χ0n) is 21.2. The van der Waals surface area contributed by atoms with Crippen molar-refractivity contribution < 1.29 is 14.6 Å². The first-order valence-corrected chi connectivity index (χ1v) is 12.6.